The molecule has 5 nitrogen and oxygen atoms in total. The van der Waals surface area contributed by atoms with Crippen LogP contribution in [0.15, 0.2) is 0 Å². The molecule has 0 spiro atoms. The first-order chi connectivity index (χ1) is 8.28. The molecule has 0 bridgehead atoms. The largest absolute Gasteiger partial charge is 0.368 e. The quantitative estimate of drug-likeness (QED) is 0.689. The number of rotatable bonds is 2. The highest BCUT2D eigenvalue weighted by molar-refractivity contribution is 5.85. The fraction of sp³-hybridized carbons (Fsp3) is 0.917. The second kappa shape index (κ2) is 5.80. The van der Waals surface area contributed by atoms with Crippen molar-refractivity contribution < 1.29 is 9.53 Å². The van der Waals surface area contributed by atoms with Crippen molar-refractivity contribution in [3.63, 3.8) is 0 Å². The molecule has 2 heterocycles. The van der Waals surface area contributed by atoms with Crippen molar-refractivity contribution in [3.8, 4) is 0 Å². The van der Waals surface area contributed by atoms with Crippen LogP contribution in [0.2, 0.25) is 0 Å². The summed E-state index contributed by atoms with van der Waals surface area (Å²) in [6.07, 6.45) is 2.60. The summed E-state index contributed by atoms with van der Waals surface area (Å²) in [7, 11) is 1.67. The Morgan fingerprint density at radius 1 is 1.12 bits per heavy atom. The molecule has 0 aromatic heterocycles. The van der Waals surface area contributed by atoms with E-state index in [1.807, 2.05) is 4.90 Å². The fourth-order valence-electron chi connectivity index (χ4n) is 2.67. The number of nitrogens with one attached hydrogen (secondary N) is 2. The van der Waals surface area contributed by atoms with Crippen LogP contribution in [-0.4, -0.2) is 62.8 Å². The summed E-state index contributed by atoms with van der Waals surface area (Å²) in [6, 6.07) is 0. The van der Waals surface area contributed by atoms with Crippen molar-refractivity contribution in [2.75, 3.05) is 46.4 Å². The molecule has 1 amide bonds. The fourth-order valence-corrected chi connectivity index (χ4v) is 2.67. The molecule has 0 atom stereocenters. The highest BCUT2D eigenvalue weighted by Crippen LogP contribution is 2.25. The average molecular weight is 241 g/mol. The predicted molar refractivity (Wildman–Crippen MR) is 65.9 cm³/mol. The second-order valence-electron chi connectivity index (χ2n) is 4.84. The van der Waals surface area contributed by atoms with Crippen molar-refractivity contribution in [1.82, 2.24) is 15.5 Å². The summed E-state index contributed by atoms with van der Waals surface area (Å²) in [5.41, 5.74) is -0.574. The first kappa shape index (κ1) is 12.8. The zero-order chi connectivity index (χ0) is 12.1. The molecule has 0 saturated carbocycles. The van der Waals surface area contributed by atoms with Gasteiger partial charge < -0.3 is 20.3 Å². The van der Waals surface area contributed by atoms with Crippen LogP contribution in [0.25, 0.3) is 0 Å². The number of amides is 1. The van der Waals surface area contributed by atoms with Gasteiger partial charge >= 0.3 is 0 Å². The lowest BCUT2D eigenvalue weighted by Crippen LogP contribution is -2.55. The van der Waals surface area contributed by atoms with Gasteiger partial charge in [-0.05, 0) is 38.9 Å². The SMILES string of the molecule is COC1(C(=O)N2CCCNCC2)CCNCC1. The minimum Gasteiger partial charge on any atom is -0.368 e. The lowest BCUT2D eigenvalue weighted by atomic mass is 9.90. The van der Waals surface area contributed by atoms with Gasteiger partial charge in [0.25, 0.3) is 5.91 Å². The Morgan fingerprint density at radius 3 is 2.53 bits per heavy atom. The molecule has 2 saturated heterocycles. The molecule has 2 fully saturated rings. The third-order valence-corrected chi connectivity index (χ3v) is 3.82. The van der Waals surface area contributed by atoms with Crippen LogP contribution in [0.1, 0.15) is 19.3 Å². The van der Waals surface area contributed by atoms with Gasteiger partial charge in [0.05, 0.1) is 0 Å². The number of carbonyl (C=O) groups excluding carboxylic acids is 1. The molecule has 17 heavy (non-hydrogen) atoms. The van der Waals surface area contributed by atoms with Gasteiger partial charge in [0, 0.05) is 26.7 Å². The number of hydrogen-bond acceptors (Lipinski definition) is 4. The van der Waals surface area contributed by atoms with Crippen molar-refractivity contribution >= 4 is 5.91 Å². The highest BCUT2D eigenvalue weighted by Gasteiger charge is 2.42. The monoisotopic (exact) mass is 241 g/mol. The molecule has 2 N–H and O–H groups in total. The third-order valence-electron chi connectivity index (χ3n) is 3.82. The zero-order valence-electron chi connectivity index (χ0n) is 10.6. The van der Waals surface area contributed by atoms with E-state index in [1.54, 1.807) is 7.11 Å². The van der Waals surface area contributed by atoms with Crippen LogP contribution < -0.4 is 10.6 Å². The molecule has 0 aromatic carbocycles. The number of nitrogens with zero attached hydrogens (tertiary/aromatic N) is 1. The van der Waals surface area contributed by atoms with Crippen LogP contribution in [0.5, 0.6) is 0 Å². The molecular formula is C12H23N3O2. The van der Waals surface area contributed by atoms with E-state index in [-0.39, 0.29) is 5.91 Å². The Labute approximate surface area is 103 Å². The second-order valence-corrected chi connectivity index (χ2v) is 4.84. The number of carbonyl (C=O) groups is 1. The van der Waals surface area contributed by atoms with E-state index < -0.39 is 5.60 Å². The Balaban J connectivity index is 2.04. The average Bonchev–Trinajstić information content (AvgIpc) is 2.67. The number of ether oxygens (including phenoxy) is 1. The van der Waals surface area contributed by atoms with Crippen molar-refractivity contribution in [2.24, 2.45) is 0 Å². The first-order valence-electron chi connectivity index (χ1n) is 6.54. The maximum absolute atomic E-state index is 12.6. The van der Waals surface area contributed by atoms with Crippen LogP contribution in [-0.2, 0) is 9.53 Å². The Morgan fingerprint density at radius 2 is 1.82 bits per heavy atom. The minimum atomic E-state index is -0.574. The molecule has 0 aromatic rings. The van der Waals surface area contributed by atoms with Gasteiger partial charge in [-0.2, -0.15) is 0 Å². The Bertz CT molecular complexity index is 256. The summed E-state index contributed by atoms with van der Waals surface area (Å²) in [5.74, 6) is 0.185. The molecule has 0 radical (unpaired) electrons. The normalized spacial score (nSPS) is 25.4. The summed E-state index contributed by atoms with van der Waals surface area (Å²) >= 11 is 0. The number of hydrogen-bond donors (Lipinski definition) is 2. The van der Waals surface area contributed by atoms with Gasteiger partial charge in [-0.3, -0.25) is 4.79 Å². The van der Waals surface area contributed by atoms with Gasteiger partial charge in [0.15, 0.2) is 0 Å². The molecule has 5 heteroatoms. The van der Waals surface area contributed by atoms with E-state index in [9.17, 15) is 4.79 Å². The van der Waals surface area contributed by atoms with Crippen molar-refractivity contribution in [3.05, 3.63) is 0 Å². The zero-order valence-corrected chi connectivity index (χ0v) is 10.6. The van der Waals surface area contributed by atoms with E-state index >= 15 is 0 Å². The van der Waals surface area contributed by atoms with Gasteiger partial charge in [0.1, 0.15) is 5.60 Å². The van der Waals surface area contributed by atoms with Gasteiger partial charge in [0.2, 0.25) is 0 Å². The standard InChI is InChI=1S/C12H23N3O2/c1-17-12(3-6-14-7-4-12)11(16)15-9-2-5-13-8-10-15/h13-14H,2-10H2,1H3. The third kappa shape index (κ3) is 2.78. The van der Waals surface area contributed by atoms with E-state index in [2.05, 4.69) is 10.6 Å². The summed E-state index contributed by atoms with van der Waals surface area (Å²) in [5, 5.41) is 6.60. The topological polar surface area (TPSA) is 53.6 Å². The molecule has 0 unspecified atom stereocenters. The summed E-state index contributed by atoms with van der Waals surface area (Å²) in [4.78, 5) is 14.6. The van der Waals surface area contributed by atoms with Crippen LogP contribution >= 0.6 is 0 Å². The van der Waals surface area contributed by atoms with Gasteiger partial charge in [-0.25, -0.2) is 0 Å². The molecule has 2 rings (SSSR count). The van der Waals surface area contributed by atoms with Crippen molar-refractivity contribution in [1.29, 1.82) is 0 Å². The maximum Gasteiger partial charge on any atom is 0.254 e. The van der Waals surface area contributed by atoms with E-state index in [4.69, 9.17) is 4.74 Å². The molecular weight excluding hydrogens is 218 g/mol. The maximum atomic E-state index is 12.6. The van der Waals surface area contributed by atoms with Gasteiger partial charge in [-0.15, -0.1) is 0 Å². The number of piperidine rings is 1. The Kier molecular flexibility index (Phi) is 4.36. The lowest BCUT2D eigenvalue weighted by molar-refractivity contribution is -0.158. The van der Waals surface area contributed by atoms with Crippen LogP contribution in [0, 0.1) is 0 Å². The molecule has 2 aliphatic rings. The van der Waals surface area contributed by atoms with E-state index in [0.29, 0.717) is 0 Å². The minimum absolute atomic E-state index is 0.185. The Hall–Kier alpha value is -0.650. The lowest BCUT2D eigenvalue weighted by Gasteiger charge is -2.38. The molecule has 2 aliphatic heterocycles. The highest BCUT2D eigenvalue weighted by atomic mass is 16.5. The van der Waals surface area contributed by atoms with Crippen LogP contribution in [0.4, 0.5) is 0 Å². The van der Waals surface area contributed by atoms with E-state index in [1.165, 1.54) is 0 Å². The number of methoxy groups -OCH3 is 1. The molecule has 0 aliphatic carbocycles. The summed E-state index contributed by atoms with van der Waals surface area (Å²) < 4.78 is 5.58. The van der Waals surface area contributed by atoms with E-state index in [0.717, 1.165) is 58.5 Å². The summed E-state index contributed by atoms with van der Waals surface area (Å²) in [6.45, 7) is 5.29. The smallest absolute Gasteiger partial charge is 0.254 e. The first-order valence-corrected chi connectivity index (χ1v) is 6.54. The van der Waals surface area contributed by atoms with Crippen LogP contribution in [0.3, 0.4) is 0 Å². The van der Waals surface area contributed by atoms with Gasteiger partial charge in [-0.1, -0.05) is 0 Å². The molecule has 98 valence electrons. The van der Waals surface area contributed by atoms with Crippen molar-refractivity contribution in [2.45, 2.75) is 24.9 Å². The predicted octanol–water partition coefficient (Wildman–Crippen LogP) is -0.423.